The van der Waals surface area contributed by atoms with E-state index < -0.39 is 0 Å². The number of nitrogens with zero attached hydrogens (tertiary/aromatic N) is 1. The van der Waals surface area contributed by atoms with Gasteiger partial charge in [-0.15, -0.1) is 0 Å². The largest absolute Gasteiger partial charge is 0.295 e. The quantitative estimate of drug-likeness (QED) is 0.823. The maximum absolute atomic E-state index is 11.3. The lowest BCUT2D eigenvalue weighted by atomic mass is 10.0. The molecule has 0 saturated heterocycles. The smallest absolute Gasteiger partial charge is 0.266 e. The molecule has 0 amide bonds. The number of aryl methyl sites for hydroxylation is 1. The fourth-order valence-electron chi connectivity index (χ4n) is 1.68. The van der Waals surface area contributed by atoms with E-state index in [-0.39, 0.29) is 5.56 Å². The standard InChI is InChI=1S/C13H16N2O/c1-9(2)10-4-6-11(7-5-10)12-8-13(16)15(3)14-12/h4-9,14H,1-3H3. The van der Waals surface area contributed by atoms with E-state index in [9.17, 15) is 4.79 Å². The summed E-state index contributed by atoms with van der Waals surface area (Å²) in [5.74, 6) is 0.531. The van der Waals surface area contributed by atoms with E-state index in [1.165, 1.54) is 10.2 Å². The van der Waals surface area contributed by atoms with Crippen molar-refractivity contribution in [2.75, 3.05) is 0 Å². The summed E-state index contributed by atoms with van der Waals surface area (Å²) in [7, 11) is 1.72. The van der Waals surface area contributed by atoms with Crippen LogP contribution < -0.4 is 5.56 Å². The molecule has 1 N–H and O–H groups in total. The van der Waals surface area contributed by atoms with E-state index in [0.717, 1.165) is 11.3 Å². The van der Waals surface area contributed by atoms with Crippen LogP contribution in [0.15, 0.2) is 35.1 Å². The van der Waals surface area contributed by atoms with Crippen molar-refractivity contribution in [3.05, 3.63) is 46.2 Å². The van der Waals surface area contributed by atoms with Gasteiger partial charge in [-0.25, -0.2) is 0 Å². The van der Waals surface area contributed by atoms with Gasteiger partial charge in [0.2, 0.25) is 0 Å². The van der Waals surface area contributed by atoms with Crippen LogP contribution in [-0.4, -0.2) is 9.78 Å². The molecule has 0 spiro atoms. The third-order valence-electron chi connectivity index (χ3n) is 2.77. The Morgan fingerprint density at radius 3 is 2.25 bits per heavy atom. The van der Waals surface area contributed by atoms with Crippen LogP contribution in [0, 0.1) is 0 Å². The van der Waals surface area contributed by atoms with E-state index in [1.807, 2.05) is 12.1 Å². The van der Waals surface area contributed by atoms with Gasteiger partial charge in [-0.05, 0) is 17.0 Å². The molecule has 0 atom stereocenters. The van der Waals surface area contributed by atoms with E-state index in [0.29, 0.717) is 5.92 Å². The minimum Gasteiger partial charge on any atom is -0.295 e. The maximum atomic E-state index is 11.3. The Balaban J connectivity index is 2.38. The van der Waals surface area contributed by atoms with Gasteiger partial charge in [0.25, 0.3) is 5.56 Å². The van der Waals surface area contributed by atoms with E-state index >= 15 is 0 Å². The van der Waals surface area contributed by atoms with Crippen LogP contribution in [-0.2, 0) is 7.05 Å². The molecule has 0 radical (unpaired) electrons. The summed E-state index contributed by atoms with van der Waals surface area (Å²) in [5.41, 5.74) is 3.20. The Kier molecular flexibility index (Phi) is 2.69. The van der Waals surface area contributed by atoms with Crippen LogP contribution >= 0.6 is 0 Å². The SMILES string of the molecule is CC(C)c1ccc(-c2cc(=O)n(C)[nH]2)cc1. The minimum atomic E-state index is -0.0112. The summed E-state index contributed by atoms with van der Waals surface area (Å²) < 4.78 is 1.48. The van der Waals surface area contributed by atoms with Gasteiger partial charge in [-0.1, -0.05) is 38.1 Å². The molecular weight excluding hydrogens is 200 g/mol. The normalized spacial score (nSPS) is 11.0. The fourth-order valence-corrected chi connectivity index (χ4v) is 1.68. The molecule has 1 aromatic carbocycles. The molecule has 1 aromatic heterocycles. The van der Waals surface area contributed by atoms with Crippen LogP contribution in [0.25, 0.3) is 11.3 Å². The number of aromatic amines is 1. The Labute approximate surface area is 94.7 Å². The van der Waals surface area contributed by atoms with Crippen molar-refractivity contribution in [2.24, 2.45) is 7.05 Å². The van der Waals surface area contributed by atoms with Gasteiger partial charge in [0, 0.05) is 13.1 Å². The predicted molar refractivity (Wildman–Crippen MR) is 65.6 cm³/mol. The monoisotopic (exact) mass is 216 g/mol. The number of hydrogen-bond donors (Lipinski definition) is 1. The van der Waals surface area contributed by atoms with Crippen LogP contribution in [0.1, 0.15) is 25.3 Å². The van der Waals surface area contributed by atoms with Gasteiger partial charge in [0.15, 0.2) is 0 Å². The first-order chi connectivity index (χ1) is 7.58. The Morgan fingerprint density at radius 2 is 1.81 bits per heavy atom. The van der Waals surface area contributed by atoms with Crippen LogP contribution in [0.5, 0.6) is 0 Å². The molecule has 2 rings (SSSR count). The average Bonchev–Trinajstić information content (AvgIpc) is 2.59. The molecule has 3 nitrogen and oxygen atoms in total. The highest BCUT2D eigenvalue weighted by Crippen LogP contribution is 2.20. The molecule has 1 heterocycles. The lowest BCUT2D eigenvalue weighted by Gasteiger charge is -2.05. The van der Waals surface area contributed by atoms with Gasteiger partial charge in [-0.2, -0.15) is 0 Å². The maximum Gasteiger partial charge on any atom is 0.266 e. The van der Waals surface area contributed by atoms with Gasteiger partial charge >= 0.3 is 0 Å². The van der Waals surface area contributed by atoms with Crippen molar-refractivity contribution in [2.45, 2.75) is 19.8 Å². The molecule has 2 aromatic rings. The minimum absolute atomic E-state index is 0.0112. The number of nitrogens with one attached hydrogen (secondary N) is 1. The van der Waals surface area contributed by atoms with Gasteiger partial charge in [0.1, 0.15) is 0 Å². The number of aromatic nitrogens is 2. The molecule has 0 aliphatic rings. The molecule has 16 heavy (non-hydrogen) atoms. The molecule has 0 aliphatic carbocycles. The summed E-state index contributed by atoms with van der Waals surface area (Å²) in [4.78, 5) is 11.3. The van der Waals surface area contributed by atoms with E-state index in [2.05, 4.69) is 31.1 Å². The predicted octanol–water partition coefficient (Wildman–Crippen LogP) is 2.50. The zero-order valence-electron chi connectivity index (χ0n) is 9.82. The van der Waals surface area contributed by atoms with Crippen molar-refractivity contribution >= 4 is 0 Å². The van der Waals surface area contributed by atoms with Gasteiger partial charge in [-0.3, -0.25) is 14.6 Å². The summed E-state index contributed by atoms with van der Waals surface area (Å²) >= 11 is 0. The first-order valence-electron chi connectivity index (χ1n) is 5.44. The van der Waals surface area contributed by atoms with Crippen molar-refractivity contribution in [3.63, 3.8) is 0 Å². The molecule has 0 saturated carbocycles. The summed E-state index contributed by atoms with van der Waals surface area (Å²) in [6, 6.07) is 9.90. The molecular formula is C13H16N2O. The molecule has 0 fully saturated rings. The molecule has 0 bridgehead atoms. The van der Waals surface area contributed by atoms with Crippen LogP contribution in [0.3, 0.4) is 0 Å². The zero-order chi connectivity index (χ0) is 11.7. The summed E-state index contributed by atoms with van der Waals surface area (Å²) in [6.07, 6.45) is 0. The second kappa shape index (κ2) is 4.00. The van der Waals surface area contributed by atoms with Crippen LogP contribution in [0.2, 0.25) is 0 Å². The highest BCUT2D eigenvalue weighted by Gasteiger charge is 2.04. The second-order valence-electron chi connectivity index (χ2n) is 4.34. The summed E-state index contributed by atoms with van der Waals surface area (Å²) in [6.45, 7) is 4.33. The molecule has 0 aliphatic heterocycles. The van der Waals surface area contributed by atoms with Crippen molar-refractivity contribution in [1.82, 2.24) is 9.78 Å². The molecule has 3 heteroatoms. The highest BCUT2D eigenvalue weighted by atomic mass is 16.1. The number of H-pyrrole nitrogens is 1. The van der Waals surface area contributed by atoms with Crippen molar-refractivity contribution < 1.29 is 0 Å². The Bertz CT molecular complexity index is 532. The van der Waals surface area contributed by atoms with Gasteiger partial charge in [0.05, 0.1) is 5.69 Å². The lowest BCUT2D eigenvalue weighted by Crippen LogP contribution is -2.09. The van der Waals surface area contributed by atoms with Gasteiger partial charge < -0.3 is 0 Å². The number of benzene rings is 1. The second-order valence-corrected chi connectivity index (χ2v) is 4.34. The lowest BCUT2D eigenvalue weighted by molar-refractivity contribution is 0.742. The first kappa shape index (κ1) is 10.7. The van der Waals surface area contributed by atoms with E-state index in [1.54, 1.807) is 13.1 Å². The third-order valence-corrected chi connectivity index (χ3v) is 2.77. The molecule has 0 unspecified atom stereocenters. The topological polar surface area (TPSA) is 37.8 Å². The Hall–Kier alpha value is -1.77. The average molecular weight is 216 g/mol. The highest BCUT2D eigenvalue weighted by molar-refractivity contribution is 5.58. The van der Waals surface area contributed by atoms with Crippen molar-refractivity contribution in [3.8, 4) is 11.3 Å². The number of hydrogen-bond acceptors (Lipinski definition) is 1. The van der Waals surface area contributed by atoms with E-state index in [4.69, 9.17) is 0 Å². The number of rotatable bonds is 2. The first-order valence-corrected chi connectivity index (χ1v) is 5.44. The summed E-state index contributed by atoms with van der Waals surface area (Å²) in [5, 5.41) is 3.01. The Morgan fingerprint density at radius 1 is 1.19 bits per heavy atom. The molecule has 84 valence electrons. The fraction of sp³-hybridized carbons (Fsp3) is 0.308. The zero-order valence-corrected chi connectivity index (χ0v) is 9.82. The third kappa shape index (κ3) is 1.94. The van der Waals surface area contributed by atoms with Crippen molar-refractivity contribution in [1.29, 1.82) is 0 Å². The van der Waals surface area contributed by atoms with Crippen LogP contribution in [0.4, 0.5) is 0 Å².